The fraction of sp³-hybridized carbons (Fsp3) is 0.742. The maximum atomic E-state index is 5.71. The number of ether oxygens (including phenoxy) is 1. The Morgan fingerprint density at radius 3 is 1.38 bits per heavy atom. The highest BCUT2D eigenvalue weighted by atomic mass is 16.5. The third kappa shape index (κ3) is 20.8. The highest BCUT2D eigenvalue weighted by molar-refractivity contribution is 5.48. The second-order valence-corrected chi connectivity index (χ2v) is 9.61. The van der Waals surface area contributed by atoms with Crippen molar-refractivity contribution >= 4 is 6.08 Å². The molecule has 0 fully saturated rings. The van der Waals surface area contributed by atoms with E-state index in [0.717, 1.165) is 13.2 Å². The molecule has 184 valence electrons. The molecule has 1 aromatic carbocycles. The fourth-order valence-corrected chi connectivity index (χ4v) is 4.36. The summed E-state index contributed by atoms with van der Waals surface area (Å²) in [7, 11) is 0. The molecule has 1 nitrogen and oxygen atoms in total. The van der Waals surface area contributed by atoms with E-state index in [-0.39, 0.29) is 0 Å². The molecule has 0 aromatic heterocycles. The summed E-state index contributed by atoms with van der Waals surface area (Å²) >= 11 is 0. The summed E-state index contributed by atoms with van der Waals surface area (Å²) in [4.78, 5) is 0. The SMILES string of the molecule is CCCCCCCCCCCCCCCCCCCCCCOCC=Cc1ccccc1. The van der Waals surface area contributed by atoms with Gasteiger partial charge < -0.3 is 4.74 Å². The summed E-state index contributed by atoms with van der Waals surface area (Å²) in [5.41, 5.74) is 1.25. The van der Waals surface area contributed by atoms with Crippen molar-refractivity contribution in [3.8, 4) is 0 Å². The molecule has 1 heteroatoms. The van der Waals surface area contributed by atoms with Crippen LogP contribution in [0.15, 0.2) is 36.4 Å². The number of hydrogen-bond acceptors (Lipinski definition) is 1. The van der Waals surface area contributed by atoms with Crippen LogP contribution in [0.3, 0.4) is 0 Å². The van der Waals surface area contributed by atoms with Crippen molar-refractivity contribution in [1.82, 2.24) is 0 Å². The van der Waals surface area contributed by atoms with E-state index in [2.05, 4.69) is 43.3 Å². The average Bonchev–Trinajstić information content (AvgIpc) is 2.82. The third-order valence-electron chi connectivity index (χ3n) is 6.47. The molecular weight excluding hydrogens is 388 g/mol. The molecule has 0 atom stereocenters. The summed E-state index contributed by atoms with van der Waals surface area (Å²) in [5.74, 6) is 0. The van der Waals surface area contributed by atoms with Crippen LogP contribution in [0.1, 0.15) is 141 Å². The Bertz CT molecular complexity index is 492. The molecule has 0 heterocycles. The molecule has 0 N–H and O–H groups in total. The number of benzene rings is 1. The van der Waals surface area contributed by atoms with Gasteiger partial charge in [-0.1, -0.05) is 171 Å². The first kappa shape index (κ1) is 29.0. The predicted octanol–water partition coefficient (Wildman–Crippen LogP) is 10.5. The van der Waals surface area contributed by atoms with Gasteiger partial charge in [-0.2, -0.15) is 0 Å². The van der Waals surface area contributed by atoms with Gasteiger partial charge in [-0.3, -0.25) is 0 Å². The van der Waals surface area contributed by atoms with E-state index in [9.17, 15) is 0 Å². The van der Waals surface area contributed by atoms with Gasteiger partial charge in [0, 0.05) is 6.61 Å². The van der Waals surface area contributed by atoms with Crippen LogP contribution in [0, 0.1) is 0 Å². The molecule has 0 saturated heterocycles. The van der Waals surface area contributed by atoms with Crippen molar-refractivity contribution in [3.63, 3.8) is 0 Å². The Morgan fingerprint density at radius 1 is 0.531 bits per heavy atom. The van der Waals surface area contributed by atoms with Crippen LogP contribution in [0.25, 0.3) is 6.08 Å². The lowest BCUT2D eigenvalue weighted by molar-refractivity contribution is 0.157. The maximum absolute atomic E-state index is 5.71. The van der Waals surface area contributed by atoms with Gasteiger partial charge in [-0.15, -0.1) is 0 Å². The smallest absolute Gasteiger partial charge is 0.0650 e. The molecule has 1 rings (SSSR count). The second kappa shape index (κ2) is 24.6. The monoisotopic (exact) mass is 442 g/mol. The van der Waals surface area contributed by atoms with E-state index in [1.807, 2.05) is 6.07 Å². The van der Waals surface area contributed by atoms with Gasteiger partial charge in [0.2, 0.25) is 0 Å². The molecule has 0 bridgehead atoms. The highest BCUT2D eigenvalue weighted by Crippen LogP contribution is 2.14. The van der Waals surface area contributed by atoms with Gasteiger partial charge in [0.25, 0.3) is 0 Å². The molecular formula is C31H54O. The molecule has 32 heavy (non-hydrogen) atoms. The van der Waals surface area contributed by atoms with Crippen molar-refractivity contribution in [2.24, 2.45) is 0 Å². The zero-order chi connectivity index (χ0) is 22.8. The van der Waals surface area contributed by atoms with Gasteiger partial charge in [0.15, 0.2) is 0 Å². The minimum Gasteiger partial charge on any atom is -0.377 e. The number of rotatable bonds is 24. The van der Waals surface area contributed by atoms with Crippen LogP contribution in [0.4, 0.5) is 0 Å². The lowest BCUT2D eigenvalue weighted by atomic mass is 10.0. The Morgan fingerprint density at radius 2 is 0.938 bits per heavy atom. The van der Waals surface area contributed by atoms with Gasteiger partial charge in [0.1, 0.15) is 0 Å². The summed E-state index contributed by atoms with van der Waals surface area (Å²) in [6.45, 7) is 3.93. The Labute approximate surface area is 201 Å². The minimum absolute atomic E-state index is 0.730. The first-order valence-electron chi connectivity index (χ1n) is 14.2. The molecule has 0 radical (unpaired) electrons. The zero-order valence-electron chi connectivity index (χ0n) is 21.5. The van der Waals surface area contributed by atoms with Crippen molar-refractivity contribution in [1.29, 1.82) is 0 Å². The molecule has 0 spiro atoms. The quantitative estimate of drug-likeness (QED) is 0.145. The molecule has 0 aliphatic heterocycles. The molecule has 0 unspecified atom stereocenters. The fourth-order valence-electron chi connectivity index (χ4n) is 4.36. The third-order valence-corrected chi connectivity index (χ3v) is 6.47. The van der Waals surface area contributed by atoms with Crippen LogP contribution in [0.2, 0.25) is 0 Å². The average molecular weight is 443 g/mol. The van der Waals surface area contributed by atoms with E-state index in [1.165, 1.54) is 134 Å². The summed E-state index contributed by atoms with van der Waals surface area (Å²) in [5, 5.41) is 0. The van der Waals surface area contributed by atoms with E-state index in [4.69, 9.17) is 4.74 Å². The summed E-state index contributed by atoms with van der Waals surface area (Å²) < 4.78 is 5.71. The summed E-state index contributed by atoms with van der Waals surface area (Å²) in [6, 6.07) is 10.4. The van der Waals surface area contributed by atoms with E-state index in [1.54, 1.807) is 0 Å². The van der Waals surface area contributed by atoms with Crippen LogP contribution in [0.5, 0.6) is 0 Å². The minimum atomic E-state index is 0.730. The van der Waals surface area contributed by atoms with Crippen molar-refractivity contribution in [2.45, 2.75) is 135 Å². The van der Waals surface area contributed by atoms with Crippen molar-refractivity contribution in [2.75, 3.05) is 13.2 Å². The first-order valence-corrected chi connectivity index (χ1v) is 14.2. The molecule has 1 aromatic rings. The largest absolute Gasteiger partial charge is 0.377 e. The van der Waals surface area contributed by atoms with Crippen LogP contribution in [-0.4, -0.2) is 13.2 Å². The Balaban J connectivity index is 1.67. The standard InChI is InChI=1S/C31H54O/c1-2-3-4-5-6-7-8-9-10-11-12-13-14-15-16-17-18-19-20-24-29-32-30-25-28-31-26-22-21-23-27-31/h21-23,25-28H,2-20,24,29-30H2,1H3. The number of hydrogen-bond donors (Lipinski definition) is 0. The molecule has 0 amide bonds. The second-order valence-electron chi connectivity index (χ2n) is 9.61. The normalized spacial score (nSPS) is 11.5. The zero-order valence-corrected chi connectivity index (χ0v) is 21.5. The Hall–Kier alpha value is -1.08. The lowest BCUT2D eigenvalue weighted by Gasteiger charge is -2.04. The van der Waals surface area contributed by atoms with E-state index >= 15 is 0 Å². The van der Waals surface area contributed by atoms with Crippen LogP contribution >= 0.6 is 0 Å². The molecule has 0 aliphatic rings. The Kier molecular flexibility index (Phi) is 22.2. The maximum Gasteiger partial charge on any atom is 0.0650 e. The van der Waals surface area contributed by atoms with Gasteiger partial charge in [0.05, 0.1) is 6.61 Å². The van der Waals surface area contributed by atoms with Crippen molar-refractivity contribution in [3.05, 3.63) is 42.0 Å². The van der Waals surface area contributed by atoms with Crippen molar-refractivity contribution < 1.29 is 4.74 Å². The van der Waals surface area contributed by atoms with E-state index in [0.29, 0.717) is 0 Å². The van der Waals surface area contributed by atoms with Crippen LogP contribution < -0.4 is 0 Å². The van der Waals surface area contributed by atoms with Gasteiger partial charge in [-0.05, 0) is 12.0 Å². The van der Waals surface area contributed by atoms with E-state index < -0.39 is 0 Å². The lowest BCUT2D eigenvalue weighted by Crippen LogP contribution is -1.94. The van der Waals surface area contributed by atoms with Crippen LogP contribution in [-0.2, 0) is 4.74 Å². The van der Waals surface area contributed by atoms with Gasteiger partial charge >= 0.3 is 0 Å². The van der Waals surface area contributed by atoms with Gasteiger partial charge in [-0.25, -0.2) is 0 Å². The summed E-state index contributed by atoms with van der Waals surface area (Å²) in [6.07, 6.45) is 32.9. The molecule has 0 aliphatic carbocycles. The number of unbranched alkanes of at least 4 members (excludes halogenated alkanes) is 19. The highest BCUT2D eigenvalue weighted by Gasteiger charge is 1.95. The predicted molar refractivity (Wildman–Crippen MR) is 144 cm³/mol. The molecule has 0 saturated carbocycles. The first-order chi connectivity index (χ1) is 15.9. The topological polar surface area (TPSA) is 9.23 Å².